The van der Waals surface area contributed by atoms with Crippen LogP contribution in [0.1, 0.15) is 33.4 Å². The van der Waals surface area contributed by atoms with Gasteiger partial charge in [-0.3, -0.25) is 0 Å². The molecule has 0 radical (unpaired) electrons. The molecule has 0 aromatic heterocycles. The Morgan fingerprint density at radius 2 is 1.72 bits per heavy atom. The first-order chi connectivity index (χ1) is 8.72. The normalized spacial score (nSPS) is 23.7. The number of rotatable bonds is 0. The molecule has 1 fully saturated rings. The number of benzene rings is 2. The van der Waals surface area contributed by atoms with Crippen molar-refractivity contribution in [1.82, 2.24) is 0 Å². The number of hydrogen-bond donors (Lipinski definition) is 0. The highest BCUT2D eigenvalue weighted by Crippen LogP contribution is 2.52. The van der Waals surface area contributed by atoms with E-state index in [0.29, 0.717) is 0 Å². The van der Waals surface area contributed by atoms with Crippen molar-refractivity contribution in [3.05, 3.63) is 69.8 Å². The van der Waals surface area contributed by atoms with Gasteiger partial charge in [0, 0.05) is 0 Å². The van der Waals surface area contributed by atoms with Gasteiger partial charge in [-0.15, -0.1) is 0 Å². The van der Waals surface area contributed by atoms with Crippen LogP contribution >= 0.6 is 0 Å². The third-order valence-corrected chi connectivity index (χ3v) is 4.41. The topological polar surface area (TPSA) is 12.5 Å². The standard InChI is InChI=1S/C17H16O/c1-11-7-8-12(2)16-14(11)9-13-5-3-4-6-15(13)17(16)10-18-17/h3-8H,9-10H2,1-2H3. The van der Waals surface area contributed by atoms with E-state index >= 15 is 0 Å². The molecule has 2 aromatic carbocycles. The molecule has 1 nitrogen and oxygen atoms in total. The zero-order valence-corrected chi connectivity index (χ0v) is 10.8. The van der Waals surface area contributed by atoms with Gasteiger partial charge in [-0.2, -0.15) is 0 Å². The molecule has 90 valence electrons. The maximum Gasteiger partial charge on any atom is 0.142 e. The van der Waals surface area contributed by atoms with Gasteiger partial charge in [0.2, 0.25) is 0 Å². The lowest BCUT2D eigenvalue weighted by molar-refractivity contribution is 0.342. The second kappa shape index (κ2) is 3.24. The highest BCUT2D eigenvalue weighted by molar-refractivity contribution is 5.58. The van der Waals surface area contributed by atoms with Crippen LogP contribution in [-0.4, -0.2) is 6.61 Å². The smallest absolute Gasteiger partial charge is 0.142 e. The predicted octanol–water partition coefficient (Wildman–Crippen LogP) is 3.48. The summed E-state index contributed by atoms with van der Waals surface area (Å²) in [4.78, 5) is 0. The molecule has 0 saturated carbocycles. The van der Waals surface area contributed by atoms with E-state index in [0.717, 1.165) is 13.0 Å². The van der Waals surface area contributed by atoms with Gasteiger partial charge < -0.3 is 4.74 Å². The lowest BCUT2D eigenvalue weighted by atomic mass is 9.75. The van der Waals surface area contributed by atoms with Crippen molar-refractivity contribution in [3.63, 3.8) is 0 Å². The van der Waals surface area contributed by atoms with Crippen molar-refractivity contribution < 1.29 is 4.74 Å². The van der Waals surface area contributed by atoms with Crippen LogP contribution in [0, 0.1) is 13.8 Å². The van der Waals surface area contributed by atoms with Crippen LogP contribution in [0.25, 0.3) is 0 Å². The molecule has 1 saturated heterocycles. The van der Waals surface area contributed by atoms with Crippen molar-refractivity contribution in [1.29, 1.82) is 0 Å². The molecular weight excluding hydrogens is 220 g/mol. The van der Waals surface area contributed by atoms with Crippen molar-refractivity contribution in [2.45, 2.75) is 25.9 Å². The van der Waals surface area contributed by atoms with Crippen LogP contribution in [0.15, 0.2) is 36.4 Å². The highest BCUT2D eigenvalue weighted by Gasteiger charge is 2.53. The molecule has 18 heavy (non-hydrogen) atoms. The van der Waals surface area contributed by atoms with E-state index in [4.69, 9.17) is 4.74 Å². The third-order valence-electron chi connectivity index (χ3n) is 4.41. The summed E-state index contributed by atoms with van der Waals surface area (Å²) in [5, 5.41) is 0. The van der Waals surface area contributed by atoms with Gasteiger partial charge in [0.05, 0.1) is 6.61 Å². The molecule has 0 bridgehead atoms. The van der Waals surface area contributed by atoms with Gasteiger partial charge in [-0.05, 0) is 53.6 Å². The summed E-state index contributed by atoms with van der Waals surface area (Å²) in [5.41, 5.74) is 8.35. The molecule has 2 aliphatic rings. The molecule has 1 aliphatic carbocycles. The fourth-order valence-electron chi connectivity index (χ4n) is 3.42. The van der Waals surface area contributed by atoms with E-state index < -0.39 is 0 Å². The molecule has 1 heterocycles. The molecule has 4 rings (SSSR count). The largest absolute Gasteiger partial charge is 0.359 e. The molecule has 2 aromatic rings. The Labute approximate surface area is 107 Å². The number of fused-ring (bicyclic) bond motifs is 4. The van der Waals surface area contributed by atoms with Gasteiger partial charge in [0.25, 0.3) is 0 Å². The van der Waals surface area contributed by atoms with Crippen LogP contribution in [0.5, 0.6) is 0 Å². The number of epoxide rings is 1. The average Bonchev–Trinajstić information content (AvgIpc) is 3.15. The van der Waals surface area contributed by atoms with E-state index in [1.54, 1.807) is 0 Å². The number of ether oxygens (including phenoxy) is 1. The highest BCUT2D eigenvalue weighted by atomic mass is 16.6. The number of aryl methyl sites for hydroxylation is 2. The van der Waals surface area contributed by atoms with Crippen molar-refractivity contribution in [2.75, 3.05) is 6.61 Å². The Morgan fingerprint density at radius 3 is 2.50 bits per heavy atom. The summed E-state index contributed by atoms with van der Waals surface area (Å²) in [6.07, 6.45) is 1.05. The summed E-state index contributed by atoms with van der Waals surface area (Å²) in [5.74, 6) is 0. The van der Waals surface area contributed by atoms with Crippen LogP contribution in [0.3, 0.4) is 0 Å². The Hall–Kier alpha value is -1.60. The van der Waals surface area contributed by atoms with Gasteiger partial charge in [-0.25, -0.2) is 0 Å². The molecule has 0 amide bonds. The minimum Gasteiger partial charge on any atom is -0.359 e. The van der Waals surface area contributed by atoms with Crippen LogP contribution < -0.4 is 0 Å². The quantitative estimate of drug-likeness (QED) is 0.638. The fourth-order valence-corrected chi connectivity index (χ4v) is 3.42. The van der Waals surface area contributed by atoms with Crippen molar-refractivity contribution >= 4 is 0 Å². The van der Waals surface area contributed by atoms with E-state index in [-0.39, 0.29) is 5.60 Å². The molecular formula is C17H16O. The predicted molar refractivity (Wildman–Crippen MR) is 71.9 cm³/mol. The third kappa shape index (κ3) is 1.15. The summed E-state index contributed by atoms with van der Waals surface area (Å²) in [6, 6.07) is 13.2. The van der Waals surface area contributed by atoms with Crippen LogP contribution in [-0.2, 0) is 16.8 Å². The summed E-state index contributed by atoms with van der Waals surface area (Å²) in [7, 11) is 0. The molecule has 1 unspecified atom stereocenters. The lowest BCUT2D eigenvalue weighted by Gasteiger charge is -2.28. The summed E-state index contributed by atoms with van der Waals surface area (Å²) in [6.45, 7) is 5.25. The second-order valence-corrected chi connectivity index (χ2v) is 5.50. The van der Waals surface area contributed by atoms with E-state index in [1.807, 2.05) is 0 Å². The van der Waals surface area contributed by atoms with Crippen LogP contribution in [0.2, 0.25) is 0 Å². The monoisotopic (exact) mass is 236 g/mol. The van der Waals surface area contributed by atoms with E-state index in [2.05, 4.69) is 50.2 Å². The minimum absolute atomic E-state index is 0.125. The van der Waals surface area contributed by atoms with Gasteiger partial charge in [-0.1, -0.05) is 36.4 Å². The van der Waals surface area contributed by atoms with E-state index in [9.17, 15) is 0 Å². The molecule has 0 N–H and O–H groups in total. The first-order valence-electron chi connectivity index (χ1n) is 6.54. The molecule has 1 spiro atoms. The molecule has 1 aliphatic heterocycles. The maximum atomic E-state index is 5.93. The first kappa shape index (κ1) is 10.3. The Balaban J connectivity index is 2.06. The fraction of sp³-hybridized carbons (Fsp3) is 0.294. The minimum atomic E-state index is -0.125. The summed E-state index contributed by atoms with van der Waals surface area (Å²) >= 11 is 0. The zero-order chi connectivity index (χ0) is 12.3. The maximum absolute atomic E-state index is 5.93. The van der Waals surface area contributed by atoms with Crippen molar-refractivity contribution in [3.8, 4) is 0 Å². The van der Waals surface area contributed by atoms with Crippen LogP contribution in [0.4, 0.5) is 0 Å². The first-order valence-corrected chi connectivity index (χ1v) is 6.54. The summed E-state index contributed by atoms with van der Waals surface area (Å²) < 4.78 is 5.93. The number of hydrogen-bond acceptors (Lipinski definition) is 1. The molecule has 1 heteroatoms. The van der Waals surface area contributed by atoms with Gasteiger partial charge >= 0.3 is 0 Å². The Kier molecular flexibility index (Phi) is 1.86. The Bertz CT molecular complexity index is 651. The zero-order valence-electron chi connectivity index (χ0n) is 10.8. The molecule has 1 atom stereocenters. The Morgan fingerprint density at radius 1 is 1.00 bits per heavy atom. The van der Waals surface area contributed by atoms with E-state index in [1.165, 1.54) is 33.4 Å². The average molecular weight is 236 g/mol. The van der Waals surface area contributed by atoms with Gasteiger partial charge in [0.1, 0.15) is 5.60 Å². The second-order valence-electron chi connectivity index (χ2n) is 5.50. The van der Waals surface area contributed by atoms with Crippen molar-refractivity contribution in [2.24, 2.45) is 0 Å². The lowest BCUT2D eigenvalue weighted by Crippen LogP contribution is -2.23. The SMILES string of the molecule is Cc1ccc(C)c2c1Cc1ccccc1C21CO1. The van der Waals surface area contributed by atoms with Gasteiger partial charge in [0.15, 0.2) is 0 Å².